The van der Waals surface area contributed by atoms with Gasteiger partial charge in [-0.05, 0) is 19.8 Å². The molecule has 0 saturated carbocycles. The van der Waals surface area contributed by atoms with Crippen LogP contribution < -0.4 is 0 Å². The fourth-order valence-electron chi connectivity index (χ4n) is 2.35. The Kier molecular flexibility index (Phi) is 6.96. The molecular formula is C12H25NO3. The highest BCUT2D eigenvalue weighted by Gasteiger charge is 2.26. The van der Waals surface area contributed by atoms with Gasteiger partial charge < -0.3 is 14.6 Å². The molecule has 1 aliphatic rings. The first kappa shape index (κ1) is 13.9. The lowest BCUT2D eigenvalue weighted by molar-refractivity contribution is 0.0104. The number of piperidine rings is 1. The summed E-state index contributed by atoms with van der Waals surface area (Å²) in [5, 5.41) is 9.32. The summed E-state index contributed by atoms with van der Waals surface area (Å²) in [6.45, 7) is 5.45. The van der Waals surface area contributed by atoms with E-state index >= 15 is 0 Å². The quantitative estimate of drug-likeness (QED) is 0.661. The molecule has 0 radical (unpaired) electrons. The van der Waals surface area contributed by atoms with Gasteiger partial charge in [0.15, 0.2) is 0 Å². The van der Waals surface area contributed by atoms with Gasteiger partial charge in [0.2, 0.25) is 0 Å². The van der Waals surface area contributed by atoms with Crippen molar-refractivity contribution in [3.8, 4) is 0 Å². The van der Waals surface area contributed by atoms with Gasteiger partial charge in [-0.1, -0.05) is 6.42 Å². The number of aliphatic hydroxyl groups is 1. The van der Waals surface area contributed by atoms with E-state index in [1.165, 1.54) is 12.8 Å². The van der Waals surface area contributed by atoms with Gasteiger partial charge in [-0.15, -0.1) is 0 Å². The van der Waals surface area contributed by atoms with Crippen LogP contribution in [-0.2, 0) is 9.47 Å². The lowest BCUT2D eigenvalue weighted by Gasteiger charge is -2.39. The van der Waals surface area contributed by atoms with Crippen molar-refractivity contribution in [1.29, 1.82) is 0 Å². The van der Waals surface area contributed by atoms with Gasteiger partial charge in [-0.2, -0.15) is 0 Å². The molecular weight excluding hydrogens is 206 g/mol. The van der Waals surface area contributed by atoms with Crippen LogP contribution in [0.4, 0.5) is 0 Å². The Morgan fingerprint density at radius 1 is 1.25 bits per heavy atom. The average Bonchev–Trinajstić information content (AvgIpc) is 2.30. The Labute approximate surface area is 98.5 Å². The number of hydrogen-bond donors (Lipinski definition) is 1. The minimum atomic E-state index is 0.266. The Bertz CT molecular complexity index is 178. The molecule has 0 aromatic rings. The third kappa shape index (κ3) is 4.37. The maximum atomic E-state index is 9.32. The number of ether oxygens (including phenoxy) is 2. The highest BCUT2D eigenvalue weighted by molar-refractivity contribution is 4.81. The van der Waals surface area contributed by atoms with Crippen molar-refractivity contribution in [3.05, 3.63) is 0 Å². The maximum Gasteiger partial charge on any atom is 0.0700 e. The predicted molar refractivity (Wildman–Crippen MR) is 63.6 cm³/mol. The van der Waals surface area contributed by atoms with Crippen LogP contribution in [0.2, 0.25) is 0 Å². The Balaban J connectivity index is 2.20. The third-order valence-electron chi connectivity index (χ3n) is 3.33. The van der Waals surface area contributed by atoms with Crippen LogP contribution in [0, 0.1) is 0 Å². The van der Waals surface area contributed by atoms with E-state index in [2.05, 4.69) is 11.8 Å². The molecule has 16 heavy (non-hydrogen) atoms. The van der Waals surface area contributed by atoms with E-state index in [1.807, 2.05) is 0 Å². The summed E-state index contributed by atoms with van der Waals surface area (Å²) < 4.78 is 10.4. The van der Waals surface area contributed by atoms with E-state index in [0.717, 1.165) is 19.6 Å². The van der Waals surface area contributed by atoms with Crippen molar-refractivity contribution in [1.82, 2.24) is 4.90 Å². The largest absolute Gasteiger partial charge is 0.395 e. The standard InChI is InChI=1S/C12H25NO3/c1-11-4-3-5-12(10-14)13(11)6-7-16-9-8-15-2/h11-12,14H,3-10H2,1-2H3. The van der Waals surface area contributed by atoms with Crippen LogP contribution in [-0.4, -0.2) is 62.2 Å². The van der Waals surface area contributed by atoms with E-state index in [0.29, 0.717) is 25.3 Å². The van der Waals surface area contributed by atoms with Gasteiger partial charge in [-0.3, -0.25) is 4.90 Å². The van der Waals surface area contributed by atoms with Crippen LogP contribution in [0.25, 0.3) is 0 Å². The van der Waals surface area contributed by atoms with Crippen LogP contribution >= 0.6 is 0 Å². The first-order chi connectivity index (χ1) is 7.79. The minimum absolute atomic E-state index is 0.266. The highest BCUT2D eigenvalue weighted by Crippen LogP contribution is 2.21. The molecule has 96 valence electrons. The Morgan fingerprint density at radius 3 is 2.75 bits per heavy atom. The summed E-state index contributed by atoms with van der Waals surface area (Å²) in [6, 6.07) is 0.895. The van der Waals surface area contributed by atoms with Gasteiger partial charge in [0.25, 0.3) is 0 Å². The predicted octanol–water partition coefficient (Wildman–Crippen LogP) is 0.885. The number of likely N-dealkylation sites (tertiary alicyclic amines) is 1. The molecule has 1 saturated heterocycles. The number of aliphatic hydroxyl groups excluding tert-OH is 1. The van der Waals surface area contributed by atoms with Gasteiger partial charge >= 0.3 is 0 Å². The Hall–Kier alpha value is -0.160. The molecule has 1 fully saturated rings. The fourth-order valence-corrected chi connectivity index (χ4v) is 2.35. The second-order valence-corrected chi connectivity index (χ2v) is 4.46. The minimum Gasteiger partial charge on any atom is -0.395 e. The summed E-state index contributed by atoms with van der Waals surface area (Å²) in [5.74, 6) is 0. The SMILES string of the molecule is COCCOCCN1C(C)CCCC1CO. The number of nitrogens with zero attached hydrogens (tertiary/aromatic N) is 1. The van der Waals surface area contributed by atoms with E-state index in [4.69, 9.17) is 9.47 Å². The monoisotopic (exact) mass is 231 g/mol. The molecule has 0 amide bonds. The topological polar surface area (TPSA) is 41.9 Å². The van der Waals surface area contributed by atoms with Crippen LogP contribution in [0.15, 0.2) is 0 Å². The van der Waals surface area contributed by atoms with E-state index in [-0.39, 0.29) is 6.61 Å². The maximum absolute atomic E-state index is 9.32. The number of methoxy groups -OCH3 is 1. The zero-order valence-corrected chi connectivity index (χ0v) is 10.5. The molecule has 0 aromatic heterocycles. The van der Waals surface area contributed by atoms with Gasteiger partial charge in [0.1, 0.15) is 0 Å². The van der Waals surface area contributed by atoms with Crippen LogP contribution in [0.1, 0.15) is 26.2 Å². The van der Waals surface area contributed by atoms with Crippen molar-refractivity contribution in [2.75, 3.05) is 40.1 Å². The molecule has 0 aliphatic carbocycles. The number of hydrogen-bond acceptors (Lipinski definition) is 4. The molecule has 2 unspecified atom stereocenters. The van der Waals surface area contributed by atoms with Crippen molar-refractivity contribution in [3.63, 3.8) is 0 Å². The van der Waals surface area contributed by atoms with Crippen molar-refractivity contribution in [2.45, 2.75) is 38.3 Å². The second kappa shape index (κ2) is 8.01. The normalized spacial score (nSPS) is 27.2. The van der Waals surface area contributed by atoms with Gasteiger partial charge in [0.05, 0.1) is 26.4 Å². The summed E-state index contributed by atoms with van der Waals surface area (Å²) in [6.07, 6.45) is 3.57. The second-order valence-electron chi connectivity index (χ2n) is 4.46. The Morgan fingerprint density at radius 2 is 2.06 bits per heavy atom. The van der Waals surface area contributed by atoms with Gasteiger partial charge in [-0.25, -0.2) is 0 Å². The van der Waals surface area contributed by atoms with E-state index in [9.17, 15) is 5.11 Å². The zero-order valence-electron chi connectivity index (χ0n) is 10.5. The molecule has 0 aromatic carbocycles. The lowest BCUT2D eigenvalue weighted by Crippen LogP contribution is -2.48. The molecule has 1 N–H and O–H groups in total. The first-order valence-corrected chi connectivity index (χ1v) is 6.23. The number of rotatable bonds is 7. The fraction of sp³-hybridized carbons (Fsp3) is 1.00. The summed E-state index contributed by atoms with van der Waals surface area (Å²) in [4.78, 5) is 2.37. The molecule has 1 heterocycles. The summed E-state index contributed by atoms with van der Waals surface area (Å²) in [5.41, 5.74) is 0. The first-order valence-electron chi connectivity index (χ1n) is 6.23. The van der Waals surface area contributed by atoms with Crippen LogP contribution in [0.3, 0.4) is 0 Å². The third-order valence-corrected chi connectivity index (χ3v) is 3.33. The molecule has 4 heteroatoms. The molecule has 1 rings (SSSR count). The molecule has 0 bridgehead atoms. The van der Waals surface area contributed by atoms with Crippen molar-refractivity contribution >= 4 is 0 Å². The molecule has 2 atom stereocenters. The van der Waals surface area contributed by atoms with Crippen LogP contribution in [0.5, 0.6) is 0 Å². The van der Waals surface area contributed by atoms with E-state index < -0.39 is 0 Å². The average molecular weight is 231 g/mol. The lowest BCUT2D eigenvalue weighted by atomic mass is 9.97. The molecule has 4 nitrogen and oxygen atoms in total. The smallest absolute Gasteiger partial charge is 0.0700 e. The van der Waals surface area contributed by atoms with Crippen molar-refractivity contribution in [2.24, 2.45) is 0 Å². The molecule has 1 aliphatic heterocycles. The summed E-state index contributed by atoms with van der Waals surface area (Å²) in [7, 11) is 1.68. The van der Waals surface area contributed by atoms with Gasteiger partial charge in [0, 0.05) is 25.7 Å². The zero-order chi connectivity index (χ0) is 11.8. The summed E-state index contributed by atoms with van der Waals surface area (Å²) >= 11 is 0. The van der Waals surface area contributed by atoms with E-state index in [1.54, 1.807) is 7.11 Å². The highest BCUT2D eigenvalue weighted by atomic mass is 16.5. The van der Waals surface area contributed by atoms with Crippen molar-refractivity contribution < 1.29 is 14.6 Å². The molecule has 0 spiro atoms.